The fraction of sp³-hybridized carbons (Fsp3) is 0.294. The van der Waals surface area contributed by atoms with Crippen LogP contribution < -0.4 is 10.4 Å². The van der Waals surface area contributed by atoms with Crippen molar-refractivity contribution < 1.29 is 0 Å². The smallest absolute Gasteiger partial charge is 0.0235 e. The summed E-state index contributed by atoms with van der Waals surface area (Å²) in [5, 5.41) is 2.86. The first kappa shape index (κ1) is 9.47. The van der Waals surface area contributed by atoms with Gasteiger partial charge in [-0.15, -0.1) is 0 Å². The van der Waals surface area contributed by atoms with Gasteiger partial charge in [0.1, 0.15) is 0 Å². The van der Waals surface area contributed by atoms with Crippen LogP contribution in [-0.2, 0) is 0 Å². The molecule has 2 atom stereocenters. The Kier molecular flexibility index (Phi) is 1.57. The molecule has 0 aliphatic heterocycles. The molecule has 1 aromatic rings. The van der Waals surface area contributed by atoms with Crippen molar-refractivity contribution in [2.75, 3.05) is 0 Å². The molecule has 0 aromatic heterocycles. The SMILES string of the molecule is CC1=c2ccccc2=CC23C=CCC=CC12C3. The molecule has 84 valence electrons. The molecule has 1 fully saturated rings. The number of fused-ring (bicyclic) bond motifs is 1. The fourth-order valence-electron chi connectivity index (χ4n) is 3.78. The molecule has 1 saturated carbocycles. The van der Waals surface area contributed by atoms with Crippen molar-refractivity contribution in [2.24, 2.45) is 10.8 Å². The summed E-state index contributed by atoms with van der Waals surface area (Å²) in [4.78, 5) is 0. The lowest BCUT2D eigenvalue weighted by Gasteiger charge is -2.22. The van der Waals surface area contributed by atoms with E-state index in [0.29, 0.717) is 10.8 Å². The van der Waals surface area contributed by atoms with Crippen LogP contribution in [0.1, 0.15) is 19.8 Å². The standard InChI is InChI=1S/C17H16/c1-13-15-8-4-3-7-14(15)11-16-9-5-2-6-10-17(13,16)12-16/h3-11H,2,12H2,1H3. The van der Waals surface area contributed by atoms with Gasteiger partial charge in [-0.25, -0.2) is 0 Å². The zero-order valence-electron chi connectivity index (χ0n) is 10.1. The maximum atomic E-state index is 2.49. The Hall–Kier alpha value is -1.56. The first-order chi connectivity index (χ1) is 8.28. The van der Waals surface area contributed by atoms with Crippen molar-refractivity contribution in [1.82, 2.24) is 0 Å². The third-order valence-electron chi connectivity index (χ3n) is 4.81. The molecule has 1 aromatic carbocycles. The van der Waals surface area contributed by atoms with Gasteiger partial charge in [0, 0.05) is 10.8 Å². The molecule has 0 amide bonds. The first-order valence-corrected chi connectivity index (χ1v) is 6.42. The van der Waals surface area contributed by atoms with E-state index in [4.69, 9.17) is 0 Å². The third kappa shape index (κ3) is 0.993. The van der Waals surface area contributed by atoms with Crippen LogP contribution in [0.3, 0.4) is 0 Å². The quantitative estimate of drug-likeness (QED) is 0.589. The molecule has 0 radical (unpaired) electrons. The molecule has 0 bridgehead atoms. The number of rotatable bonds is 0. The largest absolute Gasteiger partial charge is 0.0838 e. The number of hydrogen-bond acceptors (Lipinski definition) is 0. The van der Waals surface area contributed by atoms with E-state index < -0.39 is 0 Å². The highest BCUT2D eigenvalue weighted by molar-refractivity contribution is 5.73. The van der Waals surface area contributed by atoms with Gasteiger partial charge in [-0.05, 0) is 30.2 Å². The number of benzene rings is 1. The molecule has 3 aliphatic rings. The second-order valence-corrected chi connectivity index (χ2v) is 5.59. The minimum Gasteiger partial charge on any atom is -0.0838 e. The molecule has 0 heteroatoms. The van der Waals surface area contributed by atoms with Gasteiger partial charge in [-0.1, -0.05) is 60.2 Å². The maximum Gasteiger partial charge on any atom is 0.0235 e. The number of hydrogen-bond donors (Lipinski definition) is 0. The summed E-state index contributed by atoms with van der Waals surface area (Å²) >= 11 is 0. The third-order valence-corrected chi connectivity index (χ3v) is 4.81. The molecule has 0 spiro atoms. The van der Waals surface area contributed by atoms with E-state index in [1.54, 1.807) is 5.57 Å². The summed E-state index contributed by atoms with van der Waals surface area (Å²) in [5.41, 5.74) is 2.14. The molecule has 4 rings (SSSR count). The van der Waals surface area contributed by atoms with Crippen molar-refractivity contribution in [3.8, 4) is 0 Å². The molecule has 2 unspecified atom stereocenters. The Morgan fingerprint density at radius 1 is 1.06 bits per heavy atom. The van der Waals surface area contributed by atoms with Crippen LogP contribution in [0.5, 0.6) is 0 Å². The second-order valence-electron chi connectivity index (χ2n) is 5.59. The summed E-state index contributed by atoms with van der Waals surface area (Å²) in [6.07, 6.45) is 14.4. The summed E-state index contributed by atoms with van der Waals surface area (Å²) in [6.45, 7) is 2.32. The van der Waals surface area contributed by atoms with E-state index in [1.807, 2.05) is 0 Å². The topological polar surface area (TPSA) is 0 Å². The summed E-state index contributed by atoms with van der Waals surface area (Å²) in [6, 6.07) is 8.81. The highest BCUT2D eigenvalue weighted by Crippen LogP contribution is 2.72. The lowest BCUT2D eigenvalue weighted by atomic mass is 9.81. The number of allylic oxidation sites excluding steroid dienone is 4. The van der Waals surface area contributed by atoms with Crippen molar-refractivity contribution >= 4 is 11.6 Å². The van der Waals surface area contributed by atoms with Gasteiger partial charge in [-0.3, -0.25) is 0 Å². The highest BCUT2D eigenvalue weighted by Gasteiger charge is 2.64. The van der Waals surface area contributed by atoms with Crippen molar-refractivity contribution in [3.63, 3.8) is 0 Å². The Morgan fingerprint density at radius 3 is 2.82 bits per heavy atom. The average Bonchev–Trinajstić information content (AvgIpc) is 3.00. The van der Waals surface area contributed by atoms with Crippen LogP contribution >= 0.6 is 0 Å². The predicted octanol–water partition coefficient (Wildman–Crippen LogP) is 2.54. The Labute approximate surface area is 102 Å². The van der Waals surface area contributed by atoms with E-state index in [2.05, 4.69) is 61.6 Å². The Morgan fingerprint density at radius 2 is 1.88 bits per heavy atom. The van der Waals surface area contributed by atoms with E-state index in [9.17, 15) is 0 Å². The highest BCUT2D eigenvalue weighted by atomic mass is 14.7. The van der Waals surface area contributed by atoms with Gasteiger partial charge in [-0.2, -0.15) is 0 Å². The normalized spacial score (nSPS) is 36.4. The summed E-state index contributed by atoms with van der Waals surface area (Å²) in [7, 11) is 0. The fourth-order valence-corrected chi connectivity index (χ4v) is 3.78. The van der Waals surface area contributed by atoms with Gasteiger partial charge in [0.05, 0.1) is 0 Å². The van der Waals surface area contributed by atoms with Crippen LogP contribution in [0.25, 0.3) is 11.6 Å². The summed E-state index contributed by atoms with van der Waals surface area (Å²) < 4.78 is 0. The van der Waals surface area contributed by atoms with Crippen molar-refractivity contribution in [3.05, 3.63) is 59.0 Å². The first-order valence-electron chi connectivity index (χ1n) is 6.42. The van der Waals surface area contributed by atoms with Crippen LogP contribution in [0, 0.1) is 10.8 Å². The zero-order chi connectivity index (χ0) is 11.5. The predicted molar refractivity (Wildman–Crippen MR) is 71.6 cm³/mol. The van der Waals surface area contributed by atoms with E-state index in [0.717, 1.165) is 6.42 Å². The monoisotopic (exact) mass is 220 g/mol. The minimum atomic E-state index is 0.290. The molecular formula is C17H16. The van der Waals surface area contributed by atoms with Crippen LogP contribution in [0.15, 0.2) is 48.6 Å². The van der Waals surface area contributed by atoms with Gasteiger partial charge >= 0.3 is 0 Å². The summed E-state index contributed by atoms with van der Waals surface area (Å²) in [5.74, 6) is 0. The van der Waals surface area contributed by atoms with Gasteiger partial charge in [0.15, 0.2) is 0 Å². The molecule has 0 saturated heterocycles. The minimum absolute atomic E-state index is 0.290. The van der Waals surface area contributed by atoms with Gasteiger partial charge in [0.2, 0.25) is 0 Å². The van der Waals surface area contributed by atoms with E-state index in [-0.39, 0.29) is 0 Å². The Bertz CT molecular complexity index is 674. The lowest BCUT2D eigenvalue weighted by Crippen LogP contribution is -2.34. The van der Waals surface area contributed by atoms with Gasteiger partial charge in [0.25, 0.3) is 0 Å². The van der Waals surface area contributed by atoms with Gasteiger partial charge < -0.3 is 0 Å². The van der Waals surface area contributed by atoms with E-state index >= 15 is 0 Å². The zero-order valence-corrected chi connectivity index (χ0v) is 10.1. The van der Waals surface area contributed by atoms with E-state index in [1.165, 1.54) is 16.9 Å². The molecule has 0 N–H and O–H groups in total. The molecule has 3 aliphatic carbocycles. The van der Waals surface area contributed by atoms with Crippen molar-refractivity contribution in [2.45, 2.75) is 19.8 Å². The lowest BCUT2D eigenvalue weighted by molar-refractivity contribution is 0.709. The average molecular weight is 220 g/mol. The van der Waals surface area contributed by atoms with Crippen LogP contribution in [0.4, 0.5) is 0 Å². The second kappa shape index (κ2) is 2.81. The molecular weight excluding hydrogens is 204 g/mol. The molecule has 0 nitrogen and oxygen atoms in total. The van der Waals surface area contributed by atoms with Crippen LogP contribution in [0.2, 0.25) is 0 Å². The van der Waals surface area contributed by atoms with Crippen molar-refractivity contribution in [1.29, 1.82) is 0 Å². The Balaban J connectivity index is 2.14. The van der Waals surface area contributed by atoms with Crippen LogP contribution in [-0.4, -0.2) is 0 Å². The maximum absolute atomic E-state index is 2.49. The molecule has 0 heterocycles. The molecule has 17 heavy (non-hydrogen) atoms.